The Labute approximate surface area is 60.9 Å². The van der Waals surface area contributed by atoms with Crippen molar-refractivity contribution in [3.63, 3.8) is 0 Å². The molecule has 1 atom stereocenters. The van der Waals surface area contributed by atoms with Crippen molar-refractivity contribution in [2.24, 2.45) is 5.92 Å². The predicted molar refractivity (Wildman–Crippen MR) is 35.3 cm³/mol. The number of ketones is 1. The van der Waals surface area contributed by atoms with Gasteiger partial charge in [-0.2, -0.15) is 0 Å². The van der Waals surface area contributed by atoms with Crippen molar-refractivity contribution in [2.75, 3.05) is 11.9 Å². The Kier molecular flexibility index (Phi) is 1.85. The van der Waals surface area contributed by atoms with E-state index in [2.05, 4.69) is 21.2 Å². The highest BCUT2D eigenvalue weighted by molar-refractivity contribution is 9.09. The van der Waals surface area contributed by atoms with Crippen molar-refractivity contribution in [3.05, 3.63) is 0 Å². The van der Waals surface area contributed by atoms with E-state index >= 15 is 0 Å². The Morgan fingerprint density at radius 3 is 2.56 bits per heavy atom. The van der Waals surface area contributed by atoms with Crippen LogP contribution in [0.15, 0.2) is 0 Å². The van der Waals surface area contributed by atoms with Crippen LogP contribution in [0.25, 0.3) is 0 Å². The summed E-state index contributed by atoms with van der Waals surface area (Å²) in [7, 11) is 0. The van der Waals surface area contributed by atoms with E-state index in [9.17, 15) is 9.59 Å². The number of hydrogen-bond donors (Lipinski definition) is 1. The van der Waals surface area contributed by atoms with E-state index in [-0.39, 0.29) is 18.2 Å². The van der Waals surface area contributed by atoms with Crippen LogP contribution in [0.3, 0.4) is 0 Å². The van der Waals surface area contributed by atoms with Crippen LogP contribution in [-0.4, -0.2) is 23.6 Å². The van der Waals surface area contributed by atoms with Crippen LogP contribution in [0.1, 0.15) is 0 Å². The van der Waals surface area contributed by atoms with Gasteiger partial charge in [0, 0.05) is 5.33 Å². The first-order valence-electron chi connectivity index (χ1n) is 2.62. The molecule has 0 spiro atoms. The van der Waals surface area contributed by atoms with Crippen molar-refractivity contribution < 1.29 is 9.59 Å². The zero-order valence-corrected chi connectivity index (χ0v) is 6.27. The maximum Gasteiger partial charge on any atom is 0.231 e. The SMILES string of the molecule is O=C1CNC(=O)C1CBr. The molecule has 0 radical (unpaired) electrons. The molecule has 1 saturated heterocycles. The summed E-state index contributed by atoms with van der Waals surface area (Å²) in [6.45, 7) is 0.203. The Bertz CT molecular complexity index is 141. The molecule has 1 aliphatic rings. The van der Waals surface area contributed by atoms with Crippen LogP contribution in [0.4, 0.5) is 0 Å². The Morgan fingerprint density at radius 2 is 2.33 bits per heavy atom. The molecule has 1 unspecified atom stereocenters. The molecule has 1 fully saturated rings. The Morgan fingerprint density at radius 1 is 1.67 bits per heavy atom. The van der Waals surface area contributed by atoms with Crippen molar-refractivity contribution in [2.45, 2.75) is 0 Å². The number of rotatable bonds is 1. The third-order valence-corrected chi connectivity index (χ3v) is 1.94. The highest BCUT2D eigenvalue weighted by Gasteiger charge is 2.31. The van der Waals surface area contributed by atoms with Crippen molar-refractivity contribution in [1.29, 1.82) is 0 Å². The minimum atomic E-state index is -0.440. The summed E-state index contributed by atoms with van der Waals surface area (Å²) in [6.07, 6.45) is 0. The van der Waals surface area contributed by atoms with E-state index in [0.717, 1.165) is 0 Å². The van der Waals surface area contributed by atoms with Crippen molar-refractivity contribution in [3.8, 4) is 0 Å². The molecular formula is C5H6BrNO2. The highest BCUT2D eigenvalue weighted by atomic mass is 79.9. The molecule has 3 nitrogen and oxygen atoms in total. The normalized spacial score (nSPS) is 26.6. The van der Waals surface area contributed by atoms with Gasteiger partial charge in [0.2, 0.25) is 5.91 Å². The lowest BCUT2D eigenvalue weighted by Crippen LogP contribution is -2.20. The molecule has 50 valence electrons. The maximum atomic E-state index is 10.7. The summed E-state index contributed by atoms with van der Waals surface area (Å²) < 4.78 is 0. The second-order valence-corrected chi connectivity index (χ2v) is 2.54. The number of hydrogen-bond acceptors (Lipinski definition) is 2. The van der Waals surface area contributed by atoms with Crippen molar-refractivity contribution in [1.82, 2.24) is 5.32 Å². The van der Waals surface area contributed by atoms with E-state index < -0.39 is 5.92 Å². The summed E-state index contributed by atoms with van der Waals surface area (Å²) in [5.74, 6) is -0.612. The lowest BCUT2D eigenvalue weighted by molar-refractivity contribution is -0.126. The van der Waals surface area contributed by atoms with Crippen molar-refractivity contribution >= 4 is 27.6 Å². The minimum Gasteiger partial charge on any atom is -0.348 e. The molecule has 1 amide bonds. The van der Waals surface area contributed by atoms with E-state index in [4.69, 9.17) is 0 Å². The summed E-state index contributed by atoms with van der Waals surface area (Å²) in [4.78, 5) is 21.4. The molecule has 0 aromatic heterocycles. The molecule has 0 aromatic rings. The smallest absolute Gasteiger partial charge is 0.231 e. The first-order chi connectivity index (χ1) is 4.25. The number of Topliss-reactive ketones (excluding diaryl/α,β-unsaturated/α-hetero) is 1. The van der Waals surface area contributed by atoms with Gasteiger partial charge in [0.25, 0.3) is 0 Å². The summed E-state index contributed by atoms with van der Waals surface area (Å²) in [5, 5.41) is 2.89. The number of nitrogens with one attached hydrogen (secondary N) is 1. The van der Waals surface area contributed by atoms with Gasteiger partial charge in [-0.15, -0.1) is 0 Å². The van der Waals surface area contributed by atoms with Gasteiger partial charge in [-0.3, -0.25) is 9.59 Å². The fourth-order valence-corrected chi connectivity index (χ4v) is 1.38. The molecule has 0 saturated carbocycles. The highest BCUT2D eigenvalue weighted by Crippen LogP contribution is 2.07. The van der Waals surface area contributed by atoms with Crippen LogP contribution in [0, 0.1) is 5.92 Å². The topological polar surface area (TPSA) is 46.2 Å². The monoisotopic (exact) mass is 191 g/mol. The molecule has 9 heavy (non-hydrogen) atoms. The van der Waals surface area contributed by atoms with E-state index in [1.165, 1.54) is 0 Å². The fraction of sp³-hybridized carbons (Fsp3) is 0.600. The van der Waals surface area contributed by atoms with Crippen LogP contribution in [0.2, 0.25) is 0 Å². The third-order valence-electron chi connectivity index (χ3n) is 1.30. The lowest BCUT2D eigenvalue weighted by Gasteiger charge is -1.95. The second kappa shape index (κ2) is 2.47. The van der Waals surface area contributed by atoms with Crippen LogP contribution in [0.5, 0.6) is 0 Å². The fourth-order valence-electron chi connectivity index (χ4n) is 0.723. The van der Waals surface area contributed by atoms with Gasteiger partial charge < -0.3 is 5.32 Å². The first-order valence-corrected chi connectivity index (χ1v) is 3.74. The molecular weight excluding hydrogens is 186 g/mol. The first kappa shape index (κ1) is 6.74. The molecule has 1 heterocycles. The summed E-state index contributed by atoms with van der Waals surface area (Å²) >= 11 is 3.08. The number of amides is 1. The summed E-state index contributed by atoms with van der Waals surface area (Å²) in [5.41, 5.74) is 0. The largest absolute Gasteiger partial charge is 0.348 e. The number of halogens is 1. The molecule has 4 heteroatoms. The van der Waals surface area contributed by atoms with Crippen LogP contribution >= 0.6 is 15.9 Å². The van der Waals surface area contributed by atoms with Crippen LogP contribution < -0.4 is 5.32 Å². The molecule has 0 bridgehead atoms. The molecule has 1 rings (SSSR count). The van der Waals surface area contributed by atoms with Gasteiger partial charge >= 0.3 is 0 Å². The standard InChI is InChI=1S/C5H6BrNO2/c6-1-3-4(8)2-7-5(3)9/h3H,1-2H2,(H,7,9). The zero-order valence-electron chi connectivity index (χ0n) is 4.69. The molecule has 1 N–H and O–H groups in total. The average Bonchev–Trinajstić information content (AvgIpc) is 2.12. The average molecular weight is 192 g/mol. The summed E-state index contributed by atoms with van der Waals surface area (Å²) in [6, 6.07) is 0. The van der Waals surface area contributed by atoms with E-state index in [1.807, 2.05) is 0 Å². The van der Waals surface area contributed by atoms with Gasteiger partial charge in [0.1, 0.15) is 5.92 Å². The number of alkyl halides is 1. The van der Waals surface area contributed by atoms with Gasteiger partial charge in [-0.25, -0.2) is 0 Å². The minimum absolute atomic E-state index is 0.0168. The molecule has 0 aliphatic carbocycles. The van der Waals surface area contributed by atoms with E-state index in [1.54, 1.807) is 0 Å². The van der Waals surface area contributed by atoms with Crippen LogP contribution in [-0.2, 0) is 9.59 Å². The van der Waals surface area contributed by atoms with Gasteiger partial charge in [-0.1, -0.05) is 15.9 Å². The maximum absolute atomic E-state index is 10.7. The zero-order chi connectivity index (χ0) is 6.85. The molecule has 0 aromatic carbocycles. The van der Waals surface area contributed by atoms with Gasteiger partial charge in [-0.05, 0) is 0 Å². The quantitative estimate of drug-likeness (QED) is 0.457. The Balaban J connectivity index is 2.66. The second-order valence-electron chi connectivity index (χ2n) is 1.89. The number of carbonyl (C=O) groups excluding carboxylic acids is 2. The molecule has 1 aliphatic heterocycles. The predicted octanol–water partition coefficient (Wildman–Crippen LogP) is -0.304. The Hall–Kier alpha value is -0.380. The van der Waals surface area contributed by atoms with Gasteiger partial charge in [0.15, 0.2) is 5.78 Å². The van der Waals surface area contributed by atoms with E-state index in [0.29, 0.717) is 5.33 Å². The third kappa shape index (κ3) is 1.13. The van der Waals surface area contributed by atoms with Gasteiger partial charge in [0.05, 0.1) is 6.54 Å². The number of carbonyl (C=O) groups is 2. The lowest BCUT2D eigenvalue weighted by atomic mass is 10.1.